The Kier molecular flexibility index (Phi) is 4.31. The maximum Gasteiger partial charge on any atom is 0.274 e. The molecule has 0 aliphatic heterocycles. The van der Waals surface area contributed by atoms with E-state index < -0.39 is 0 Å². The van der Waals surface area contributed by atoms with Gasteiger partial charge >= 0.3 is 0 Å². The molecule has 0 bridgehead atoms. The van der Waals surface area contributed by atoms with Gasteiger partial charge in [0.05, 0.1) is 17.4 Å². The number of aromatic nitrogens is 2. The van der Waals surface area contributed by atoms with Crippen molar-refractivity contribution >= 4 is 11.6 Å². The van der Waals surface area contributed by atoms with Crippen LogP contribution in [0.4, 0.5) is 5.69 Å². The number of nitrogen functional groups attached to an aromatic ring is 1. The van der Waals surface area contributed by atoms with Gasteiger partial charge in [-0.2, -0.15) is 5.10 Å². The molecule has 5 nitrogen and oxygen atoms in total. The van der Waals surface area contributed by atoms with Crippen molar-refractivity contribution in [2.24, 2.45) is 0 Å². The fourth-order valence-electron chi connectivity index (χ4n) is 2.35. The molecule has 2 rings (SSSR count). The van der Waals surface area contributed by atoms with Crippen LogP contribution < -0.4 is 5.73 Å². The van der Waals surface area contributed by atoms with E-state index in [0.717, 1.165) is 5.56 Å². The summed E-state index contributed by atoms with van der Waals surface area (Å²) in [5.41, 5.74) is 8.75. The first-order valence-corrected chi connectivity index (χ1v) is 7.12. The zero-order valence-corrected chi connectivity index (χ0v) is 13.0. The summed E-state index contributed by atoms with van der Waals surface area (Å²) in [7, 11) is 1.79. The molecule has 2 aromatic rings. The predicted octanol–water partition coefficient (Wildman–Crippen LogP) is 2.63. The molecule has 5 heteroatoms. The van der Waals surface area contributed by atoms with Gasteiger partial charge in [-0.3, -0.25) is 9.48 Å². The molecule has 0 saturated heterocycles. The highest BCUT2D eigenvalue weighted by Crippen LogP contribution is 2.24. The van der Waals surface area contributed by atoms with Crippen molar-refractivity contribution in [3.8, 4) is 0 Å². The number of benzene rings is 1. The Balaban J connectivity index is 2.32. The van der Waals surface area contributed by atoms with E-state index in [-0.39, 0.29) is 11.9 Å². The van der Waals surface area contributed by atoms with Gasteiger partial charge in [-0.1, -0.05) is 30.3 Å². The molecule has 21 heavy (non-hydrogen) atoms. The number of rotatable bonds is 4. The summed E-state index contributed by atoms with van der Waals surface area (Å²) in [5.74, 6) is -0.105. The van der Waals surface area contributed by atoms with E-state index in [9.17, 15) is 4.79 Å². The van der Waals surface area contributed by atoms with Gasteiger partial charge in [0, 0.05) is 13.6 Å². The highest BCUT2D eigenvalue weighted by Gasteiger charge is 2.25. The summed E-state index contributed by atoms with van der Waals surface area (Å²) >= 11 is 0. The van der Waals surface area contributed by atoms with Crippen LogP contribution >= 0.6 is 0 Å². The van der Waals surface area contributed by atoms with E-state index in [2.05, 4.69) is 5.10 Å². The summed E-state index contributed by atoms with van der Waals surface area (Å²) < 4.78 is 1.67. The molecule has 1 amide bonds. The van der Waals surface area contributed by atoms with Crippen LogP contribution in [-0.2, 0) is 6.54 Å². The topological polar surface area (TPSA) is 64.2 Å². The SMILES string of the molecule is CCn1nc(C)c(N)c1C(=O)N(C)C(C)c1ccccc1. The Hall–Kier alpha value is -2.30. The summed E-state index contributed by atoms with van der Waals surface area (Å²) in [6.45, 7) is 6.39. The minimum atomic E-state index is -0.105. The summed E-state index contributed by atoms with van der Waals surface area (Å²) in [6.07, 6.45) is 0. The third kappa shape index (κ3) is 2.77. The number of anilines is 1. The van der Waals surface area contributed by atoms with E-state index in [1.54, 1.807) is 16.6 Å². The Morgan fingerprint density at radius 2 is 2.00 bits per heavy atom. The number of hydrogen-bond donors (Lipinski definition) is 1. The number of nitrogens with two attached hydrogens (primary N) is 1. The third-order valence-corrected chi connectivity index (χ3v) is 3.86. The average molecular weight is 286 g/mol. The molecular formula is C16H22N4O. The predicted molar refractivity (Wildman–Crippen MR) is 84.0 cm³/mol. The molecule has 0 spiro atoms. The van der Waals surface area contributed by atoms with Crippen LogP contribution in [0.15, 0.2) is 30.3 Å². The minimum Gasteiger partial charge on any atom is -0.395 e. The lowest BCUT2D eigenvalue weighted by atomic mass is 10.1. The number of amides is 1. The summed E-state index contributed by atoms with van der Waals surface area (Å²) in [6, 6.07) is 9.91. The molecule has 0 saturated carbocycles. The summed E-state index contributed by atoms with van der Waals surface area (Å²) in [5, 5.41) is 4.31. The fourth-order valence-corrected chi connectivity index (χ4v) is 2.35. The Labute approximate surface area is 125 Å². The lowest BCUT2D eigenvalue weighted by molar-refractivity contribution is 0.0731. The van der Waals surface area contributed by atoms with E-state index in [0.29, 0.717) is 23.6 Å². The fraction of sp³-hybridized carbons (Fsp3) is 0.375. The Bertz CT molecular complexity index is 633. The van der Waals surface area contributed by atoms with Gasteiger partial charge in [0.25, 0.3) is 5.91 Å². The second kappa shape index (κ2) is 5.99. The van der Waals surface area contributed by atoms with Crippen molar-refractivity contribution in [2.45, 2.75) is 33.4 Å². The monoisotopic (exact) mass is 286 g/mol. The van der Waals surface area contributed by atoms with Gasteiger partial charge in [-0.15, -0.1) is 0 Å². The standard InChI is InChI=1S/C16H22N4O/c1-5-20-15(14(17)11(2)18-20)16(21)19(4)12(3)13-9-7-6-8-10-13/h6-10,12H,5,17H2,1-4H3. The number of carbonyl (C=O) groups is 1. The molecule has 0 aliphatic rings. The molecule has 1 aromatic heterocycles. The van der Waals surface area contributed by atoms with Crippen LogP contribution in [0.2, 0.25) is 0 Å². The zero-order valence-electron chi connectivity index (χ0n) is 13.0. The van der Waals surface area contributed by atoms with E-state index in [4.69, 9.17) is 5.73 Å². The van der Waals surface area contributed by atoms with E-state index in [1.807, 2.05) is 51.1 Å². The van der Waals surface area contributed by atoms with Crippen molar-refractivity contribution in [1.82, 2.24) is 14.7 Å². The lowest BCUT2D eigenvalue weighted by Crippen LogP contribution is -2.32. The molecule has 0 aliphatic carbocycles. The molecule has 1 heterocycles. The van der Waals surface area contributed by atoms with Crippen molar-refractivity contribution in [3.63, 3.8) is 0 Å². The average Bonchev–Trinajstić information content (AvgIpc) is 2.81. The van der Waals surface area contributed by atoms with Crippen LogP contribution in [0, 0.1) is 6.92 Å². The van der Waals surface area contributed by atoms with Crippen LogP contribution in [0.25, 0.3) is 0 Å². The number of hydrogen-bond acceptors (Lipinski definition) is 3. The summed E-state index contributed by atoms with van der Waals surface area (Å²) in [4.78, 5) is 14.5. The molecule has 0 radical (unpaired) electrons. The quantitative estimate of drug-likeness (QED) is 0.939. The second-order valence-electron chi connectivity index (χ2n) is 5.17. The first kappa shape index (κ1) is 15.1. The molecule has 1 atom stereocenters. The lowest BCUT2D eigenvalue weighted by Gasteiger charge is -2.25. The van der Waals surface area contributed by atoms with E-state index in [1.165, 1.54) is 0 Å². The first-order valence-electron chi connectivity index (χ1n) is 7.12. The maximum absolute atomic E-state index is 12.8. The van der Waals surface area contributed by atoms with Gasteiger partial charge in [-0.05, 0) is 26.3 Å². The van der Waals surface area contributed by atoms with Crippen molar-refractivity contribution in [2.75, 3.05) is 12.8 Å². The van der Waals surface area contributed by atoms with Gasteiger partial charge in [0.2, 0.25) is 0 Å². The van der Waals surface area contributed by atoms with Crippen LogP contribution in [0.5, 0.6) is 0 Å². The smallest absolute Gasteiger partial charge is 0.274 e. The highest BCUT2D eigenvalue weighted by molar-refractivity contribution is 5.98. The third-order valence-electron chi connectivity index (χ3n) is 3.86. The molecule has 1 unspecified atom stereocenters. The molecular weight excluding hydrogens is 264 g/mol. The number of nitrogens with zero attached hydrogens (tertiary/aromatic N) is 3. The highest BCUT2D eigenvalue weighted by atomic mass is 16.2. The number of aryl methyl sites for hydroxylation is 2. The minimum absolute atomic E-state index is 0.0291. The molecule has 1 aromatic carbocycles. The number of carbonyl (C=O) groups excluding carboxylic acids is 1. The van der Waals surface area contributed by atoms with Crippen molar-refractivity contribution in [3.05, 3.63) is 47.3 Å². The molecule has 0 fully saturated rings. The van der Waals surface area contributed by atoms with Gasteiger partial charge in [0.15, 0.2) is 0 Å². The van der Waals surface area contributed by atoms with Crippen LogP contribution in [0.1, 0.15) is 41.6 Å². The maximum atomic E-state index is 12.8. The van der Waals surface area contributed by atoms with Crippen molar-refractivity contribution < 1.29 is 4.79 Å². The van der Waals surface area contributed by atoms with Gasteiger partial charge in [-0.25, -0.2) is 0 Å². The molecule has 112 valence electrons. The zero-order chi connectivity index (χ0) is 15.6. The molecule has 2 N–H and O–H groups in total. The van der Waals surface area contributed by atoms with Gasteiger partial charge < -0.3 is 10.6 Å². The van der Waals surface area contributed by atoms with Crippen LogP contribution in [-0.4, -0.2) is 27.6 Å². The van der Waals surface area contributed by atoms with E-state index >= 15 is 0 Å². The van der Waals surface area contributed by atoms with Gasteiger partial charge in [0.1, 0.15) is 5.69 Å². The normalized spacial score (nSPS) is 12.2. The van der Waals surface area contributed by atoms with Crippen LogP contribution in [0.3, 0.4) is 0 Å². The van der Waals surface area contributed by atoms with Crippen molar-refractivity contribution in [1.29, 1.82) is 0 Å². The first-order chi connectivity index (χ1) is 9.97. The Morgan fingerprint density at radius 1 is 1.38 bits per heavy atom. The second-order valence-corrected chi connectivity index (χ2v) is 5.17. The largest absolute Gasteiger partial charge is 0.395 e. The Morgan fingerprint density at radius 3 is 2.57 bits per heavy atom.